The Morgan fingerprint density at radius 2 is 1.50 bits per heavy atom. The first-order chi connectivity index (χ1) is 13.7. The molecule has 0 spiro atoms. The molecule has 0 bridgehead atoms. The molecule has 0 saturated carbocycles. The van der Waals surface area contributed by atoms with Gasteiger partial charge in [-0.15, -0.1) is 0 Å². The van der Waals surface area contributed by atoms with E-state index in [2.05, 4.69) is 29.6 Å². The highest BCUT2D eigenvalue weighted by Crippen LogP contribution is 2.37. The highest BCUT2D eigenvalue weighted by Gasteiger charge is 2.34. The summed E-state index contributed by atoms with van der Waals surface area (Å²) >= 11 is 6.08. The Kier molecular flexibility index (Phi) is 4.03. The molecule has 4 heteroatoms. The molecule has 1 N–H and O–H groups in total. The number of anilines is 2. The third-order valence-corrected chi connectivity index (χ3v) is 5.38. The van der Waals surface area contributed by atoms with Crippen LogP contribution in [-0.2, 0) is 0 Å². The van der Waals surface area contributed by atoms with Crippen molar-refractivity contribution in [3.8, 4) is 0 Å². The number of benzene rings is 4. The predicted molar refractivity (Wildman–Crippen MR) is 115 cm³/mol. The molecule has 1 aliphatic rings. The van der Waals surface area contributed by atoms with Gasteiger partial charge in [0.05, 0.1) is 5.56 Å². The lowest BCUT2D eigenvalue weighted by Crippen LogP contribution is -2.43. The van der Waals surface area contributed by atoms with Gasteiger partial charge in [-0.25, -0.2) is 0 Å². The Bertz CT molecular complexity index is 1190. The fourth-order valence-corrected chi connectivity index (χ4v) is 3.85. The Morgan fingerprint density at radius 3 is 2.32 bits per heavy atom. The molecule has 1 heterocycles. The minimum atomic E-state index is -0.319. The van der Waals surface area contributed by atoms with Gasteiger partial charge in [0.2, 0.25) is 0 Å². The van der Waals surface area contributed by atoms with Gasteiger partial charge in [0.15, 0.2) is 0 Å². The first-order valence-corrected chi connectivity index (χ1v) is 9.52. The Balaban J connectivity index is 1.68. The van der Waals surface area contributed by atoms with Crippen LogP contribution in [0, 0.1) is 0 Å². The molecule has 1 aliphatic heterocycles. The van der Waals surface area contributed by atoms with Gasteiger partial charge in [-0.2, -0.15) is 0 Å². The van der Waals surface area contributed by atoms with Crippen molar-refractivity contribution in [3.05, 3.63) is 107 Å². The Morgan fingerprint density at radius 1 is 0.786 bits per heavy atom. The van der Waals surface area contributed by atoms with Gasteiger partial charge in [-0.1, -0.05) is 66.2 Å². The van der Waals surface area contributed by atoms with Crippen LogP contribution in [0.15, 0.2) is 91.0 Å². The lowest BCUT2D eigenvalue weighted by atomic mass is 10.0. The summed E-state index contributed by atoms with van der Waals surface area (Å²) in [5, 5.41) is 6.44. The highest BCUT2D eigenvalue weighted by atomic mass is 35.5. The molecule has 1 atom stereocenters. The number of carbonyl (C=O) groups is 1. The summed E-state index contributed by atoms with van der Waals surface area (Å²) in [7, 11) is 0. The van der Waals surface area contributed by atoms with Gasteiger partial charge in [0, 0.05) is 16.4 Å². The molecular formula is C24H17ClN2O. The van der Waals surface area contributed by atoms with E-state index in [1.54, 1.807) is 0 Å². The Hall–Kier alpha value is -3.30. The number of amides is 1. The number of halogens is 1. The molecule has 1 amide bonds. The molecular weight excluding hydrogens is 368 g/mol. The van der Waals surface area contributed by atoms with E-state index in [9.17, 15) is 4.79 Å². The number of nitrogens with zero attached hydrogens (tertiary/aromatic N) is 1. The van der Waals surface area contributed by atoms with E-state index in [1.807, 2.05) is 71.6 Å². The molecule has 4 aromatic rings. The smallest absolute Gasteiger partial charge is 0.262 e. The first kappa shape index (κ1) is 16.8. The molecule has 136 valence electrons. The molecule has 0 unspecified atom stereocenters. The second kappa shape index (κ2) is 6.70. The second-order valence-corrected chi connectivity index (χ2v) is 7.29. The number of hydrogen-bond acceptors (Lipinski definition) is 2. The zero-order chi connectivity index (χ0) is 19.1. The minimum Gasteiger partial charge on any atom is -0.360 e. The fraction of sp³-hybridized carbons (Fsp3) is 0.0417. The number of para-hydroxylation sites is 1. The maximum absolute atomic E-state index is 13.5. The normalized spacial score (nSPS) is 16.0. The third-order valence-electron chi connectivity index (χ3n) is 5.12. The molecule has 28 heavy (non-hydrogen) atoms. The van der Waals surface area contributed by atoms with Gasteiger partial charge < -0.3 is 5.32 Å². The maximum Gasteiger partial charge on any atom is 0.262 e. The third kappa shape index (κ3) is 2.81. The fourth-order valence-electron chi connectivity index (χ4n) is 3.72. The van der Waals surface area contributed by atoms with Crippen molar-refractivity contribution in [3.63, 3.8) is 0 Å². The average molecular weight is 385 g/mol. The van der Waals surface area contributed by atoms with Crippen molar-refractivity contribution in [2.24, 2.45) is 0 Å². The van der Waals surface area contributed by atoms with Crippen LogP contribution in [0.3, 0.4) is 0 Å². The molecule has 0 aromatic heterocycles. The van der Waals surface area contributed by atoms with Crippen LogP contribution in [0.25, 0.3) is 10.8 Å². The lowest BCUT2D eigenvalue weighted by Gasteiger charge is -2.38. The van der Waals surface area contributed by atoms with Crippen molar-refractivity contribution in [2.45, 2.75) is 6.17 Å². The Labute approximate surface area is 168 Å². The van der Waals surface area contributed by atoms with Gasteiger partial charge >= 0.3 is 0 Å². The van der Waals surface area contributed by atoms with Crippen LogP contribution >= 0.6 is 11.6 Å². The second-order valence-electron chi connectivity index (χ2n) is 6.85. The van der Waals surface area contributed by atoms with E-state index in [0.29, 0.717) is 10.6 Å². The van der Waals surface area contributed by atoms with Crippen molar-refractivity contribution in [2.75, 3.05) is 10.2 Å². The molecule has 0 aliphatic carbocycles. The van der Waals surface area contributed by atoms with Gasteiger partial charge in [0.25, 0.3) is 5.91 Å². The van der Waals surface area contributed by atoms with Crippen LogP contribution < -0.4 is 10.2 Å². The molecule has 0 saturated heterocycles. The van der Waals surface area contributed by atoms with E-state index < -0.39 is 0 Å². The quantitative estimate of drug-likeness (QED) is 0.442. The zero-order valence-corrected chi connectivity index (χ0v) is 15.7. The summed E-state index contributed by atoms with van der Waals surface area (Å²) in [4.78, 5) is 15.3. The summed E-state index contributed by atoms with van der Waals surface area (Å²) in [6.45, 7) is 0. The molecule has 5 rings (SSSR count). The zero-order valence-electron chi connectivity index (χ0n) is 15.0. The molecule has 0 radical (unpaired) electrons. The van der Waals surface area contributed by atoms with Crippen molar-refractivity contribution < 1.29 is 4.79 Å². The van der Waals surface area contributed by atoms with E-state index in [0.717, 1.165) is 27.7 Å². The summed E-state index contributed by atoms with van der Waals surface area (Å²) in [5.41, 5.74) is 3.33. The monoisotopic (exact) mass is 384 g/mol. The average Bonchev–Trinajstić information content (AvgIpc) is 2.74. The number of hydrogen-bond donors (Lipinski definition) is 1. The largest absolute Gasteiger partial charge is 0.360 e. The van der Waals surface area contributed by atoms with Crippen LogP contribution in [-0.4, -0.2) is 5.91 Å². The van der Waals surface area contributed by atoms with Gasteiger partial charge in [0.1, 0.15) is 6.17 Å². The van der Waals surface area contributed by atoms with Crippen LogP contribution in [0.4, 0.5) is 11.4 Å². The summed E-state index contributed by atoms with van der Waals surface area (Å²) in [6, 6.07) is 29.5. The van der Waals surface area contributed by atoms with Gasteiger partial charge in [-0.3, -0.25) is 9.69 Å². The number of rotatable bonds is 2. The van der Waals surface area contributed by atoms with Crippen molar-refractivity contribution in [1.29, 1.82) is 0 Å². The van der Waals surface area contributed by atoms with E-state index in [-0.39, 0.29) is 12.1 Å². The topological polar surface area (TPSA) is 32.3 Å². The standard InChI is InChI=1S/C24H17ClN2O/c25-19-12-9-17(10-13-19)23-26-22-8-4-3-7-21(22)24(28)27(23)20-14-11-16-5-1-2-6-18(16)15-20/h1-15,23,26H/t23-/m1/s1. The summed E-state index contributed by atoms with van der Waals surface area (Å²) < 4.78 is 0. The number of fused-ring (bicyclic) bond motifs is 2. The van der Waals surface area contributed by atoms with Crippen LogP contribution in [0.5, 0.6) is 0 Å². The van der Waals surface area contributed by atoms with E-state index in [4.69, 9.17) is 11.6 Å². The minimum absolute atomic E-state index is 0.0235. The molecule has 0 fully saturated rings. The number of carbonyl (C=O) groups excluding carboxylic acids is 1. The molecule has 3 nitrogen and oxygen atoms in total. The summed E-state index contributed by atoms with van der Waals surface area (Å²) in [5.74, 6) is -0.0235. The van der Waals surface area contributed by atoms with Crippen LogP contribution in [0.2, 0.25) is 5.02 Å². The lowest BCUT2D eigenvalue weighted by molar-refractivity contribution is 0.0975. The van der Waals surface area contributed by atoms with Crippen LogP contribution in [0.1, 0.15) is 22.1 Å². The maximum atomic E-state index is 13.5. The predicted octanol–water partition coefficient (Wildman–Crippen LogP) is 6.26. The van der Waals surface area contributed by atoms with Gasteiger partial charge in [-0.05, 0) is 52.7 Å². The van der Waals surface area contributed by atoms with E-state index >= 15 is 0 Å². The first-order valence-electron chi connectivity index (χ1n) is 9.14. The SMILES string of the molecule is O=C1c2ccccc2N[C@@H](c2ccc(Cl)cc2)N1c1ccc2ccccc2c1. The molecule has 4 aromatic carbocycles. The summed E-state index contributed by atoms with van der Waals surface area (Å²) in [6.07, 6.45) is -0.319. The van der Waals surface area contributed by atoms with Crippen molar-refractivity contribution in [1.82, 2.24) is 0 Å². The number of nitrogens with one attached hydrogen (secondary N) is 1. The highest BCUT2D eigenvalue weighted by molar-refractivity contribution is 6.30. The van der Waals surface area contributed by atoms with Crippen molar-refractivity contribution >= 4 is 39.7 Å². The van der Waals surface area contributed by atoms with E-state index in [1.165, 1.54) is 0 Å².